The molecule has 390 valence electrons. The van der Waals surface area contributed by atoms with Crippen molar-refractivity contribution in [3.8, 4) is 0 Å². The van der Waals surface area contributed by atoms with E-state index in [1.165, 1.54) is 302 Å². The molecule has 0 rings (SSSR count). The number of carbonyl (C=O) groups excluding carboxylic acids is 2. The highest BCUT2D eigenvalue weighted by molar-refractivity contribution is 5.69. The Kier molecular flexibility index (Phi) is 63.9. The van der Waals surface area contributed by atoms with Crippen molar-refractivity contribution in [2.24, 2.45) is 0 Å². The Morgan fingerprint density at radius 2 is 0.338 bits per heavy atom. The highest BCUT2D eigenvalue weighted by Crippen LogP contribution is 2.17. The summed E-state index contributed by atoms with van der Waals surface area (Å²) in [5.41, 5.74) is 0. The lowest BCUT2D eigenvalue weighted by molar-refractivity contribution is -0.144. The molecule has 0 aliphatic carbocycles. The molecule has 0 amide bonds. The van der Waals surface area contributed by atoms with Gasteiger partial charge in [0.25, 0.3) is 0 Å². The van der Waals surface area contributed by atoms with Crippen molar-refractivity contribution < 1.29 is 19.1 Å². The van der Waals surface area contributed by atoms with Gasteiger partial charge in [-0.05, 0) is 25.7 Å². The maximum atomic E-state index is 11.8. The summed E-state index contributed by atoms with van der Waals surface area (Å²) in [7, 11) is 0. The normalized spacial score (nSPS) is 11.2. The van der Waals surface area contributed by atoms with E-state index in [0.717, 1.165) is 25.7 Å². The highest BCUT2D eigenvalue weighted by atomic mass is 16.5. The number of hydrogen-bond donors (Lipinski definition) is 0. The van der Waals surface area contributed by atoms with Gasteiger partial charge in [-0.1, -0.05) is 329 Å². The first kappa shape index (κ1) is 66.0. The van der Waals surface area contributed by atoms with Gasteiger partial charge in [-0.25, -0.2) is 0 Å². The lowest BCUT2D eigenvalue weighted by atomic mass is 10.0. The molecule has 0 aliphatic heterocycles. The van der Waals surface area contributed by atoms with E-state index in [4.69, 9.17) is 9.47 Å². The molecule has 0 unspecified atom stereocenters. The Hall–Kier alpha value is -1.06. The minimum Gasteiger partial charge on any atom is -0.466 e. The Bertz CT molecular complexity index is 825. The van der Waals surface area contributed by atoms with E-state index >= 15 is 0 Å². The zero-order chi connectivity index (χ0) is 47.5. The van der Waals surface area contributed by atoms with E-state index in [1.54, 1.807) is 0 Å². The average Bonchev–Trinajstić information content (AvgIpc) is 3.31. The van der Waals surface area contributed by atoms with Gasteiger partial charge in [-0.2, -0.15) is 0 Å². The fourth-order valence-electron chi connectivity index (χ4n) is 9.15. The van der Waals surface area contributed by atoms with Crippen molar-refractivity contribution >= 4 is 11.9 Å². The number of rotatable bonds is 55. The number of hydrogen-bond acceptors (Lipinski definition) is 4. The van der Waals surface area contributed by atoms with Gasteiger partial charge in [0.05, 0.1) is 13.2 Å². The predicted molar refractivity (Wildman–Crippen MR) is 289 cm³/mol. The topological polar surface area (TPSA) is 52.6 Å². The molecular formula is C61H122O4. The smallest absolute Gasteiger partial charge is 0.305 e. The van der Waals surface area contributed by atoms with E-state index in [1.807, 2.05) is 0 Å². The summed E-state index contributed by atoms with van der Waals surface area (Å²) in [5.74, 6) is 0.0492. The molecule has 0 spiro atoms. The van der Waals surface area contributed by atoms with E-state index in [9.17, 15) is 9.59 Å². The molecule has 0 aliphatic rings. The summed E-state index contributed by atoms with van der Waals surface area (Å²) >= 11 is 0. The van der Waals surface area contributed by atoms with Gasteiger partial charge in [0.15, 0.2) is 0 Å². The molecule has 0 heterocycles. The molecule has 0 bridgehead atoms. The van der Waals surface area contributed by atoms with Crippen molar-refractivity contribution in [3.05, 3.63) is 0 Å². The van der Waals surface area contributed by atoms with E-state index in [2.05, 4.69) is 27.7 Å². The molecule has 0 aromatic rings. The van der Waals surface area contributed by atoms with Gasteiger partial charge < -0.3 is 9.47 Å². The van der Waals surface area contributed by atoms with E-state index in [0.29, 0.717) is 26.1 Å². The van der Waals surface area contributed by atoms with Crippen molar-refractivity contribution in [2.45, 2.75) is 368 Å². The molecule has 0 saturated heterocycles. The number of unbranched alkanes of at least 4 members (excludes halogenated alkanes) is 47. The molecule has 0 fully saturated rings. The van der Waals surface area contributed by atoms with Gasteiger partial charge >= 0.3 is 11.9 Å². The Balaban J connectivity index is 0. The largest absolute Gasteiger partial charge is 0.466 e. The summed E-state index contributed by atoms with van der Waals surface area (Å²) in [5, 5.41) is 0. The second-order valence-corrected chi connectivity index (χ2v) is 20.6. The van der Waals surface area contributed by atoms with Crippen LogP contribution in [0.15, 0.2) is 0 Å². The number of esters is 2. The Morgan fingerprint density at radius 1 is 0.200 bits per heavy atom. The summed E-state index contributed by atoms with van der Waals surface area (Å²) < 4.78 is 10.8. The van der Waals surface area contributed by atoms with Crippen LogP contribution in [0.5, 0.6) is 0 Å². The SMILES string of the molecule is CCCCCCCCCCCCCCCC(=O)OCCCCCCCCCCCCCC.CCCCCCCCCCCCCCCOC(=O)CCCCCCCCCCCCCCC. The third-order valence-corrected chi connectivity index (χ3v) is 13.7. The van der Waals surface area contributed by atoms with Gasteiger partial charge in [-0.3, -0.25) is 9.59 Å². The summed E-state index contributed by atoms with van der Waals surface area (Å²) in [6.07, 6.45) is 69.9. The van der Waals surface area contributed by atoms with Crippen molar-refractivity contribution in [1.82, 2.24) is 0 Å². The van der Waals surface area contributed by atoms with Crippen LogP contribution >= 0.6 is 0 Å². The molecule has 0 aromatic heterocycles. The molecule has 0 N–H and O–H groups in total. The Morgan fingerprint density at radius 3 is 0.508 bits per heavy atom. The third kappa shape index (κ3) is 65.1. The number of carbonyl (C=O) groups is 2. The minimum atomic E-state index is 0.0242. The van der Waals surface area contributed by atoms with Crippen LogP contribution in [0.1, 0.15) is 368 Å². The van der Waals surface area contributed by atoms with Crippen molar-refractivity contribution in [3.63, 3.8) is 0 Å². The molecule has 0 saturated carbocycles. The quantitative estimate of drug-likeness (QED) is 0.0451. The van der Waals surface area contributed by atoms with E-state index in [-0.39, 0.29) is 11.9 Å². The van der Waals surface area contributed by atoms with Crippen LogP contribution in [0.3, 0.4) is 0 Å². The fourth-order valence-corrected chi connectivity index (χ4v) is 9.15. The number of ether oxygens (including phenoxy) is 2. The van der Waals surface area contributed by atoms with Gasteiger partial charge in [0, 0.05) is 12.8 Å². The van der Waals surface area contributed by atoms with E-state index < -0.39 is 0 Å². The van der Waals surface area contributed by atoms with Gasteiger partial charge in [0.1, 0.15) is 0 Å². The third-order valence-electron chi connectivity index (χ3n) is 13.7. The van der Waals surface area contributed by atoms with Crippen LogP contribution in [0.25, 0.3) is 0 Å². The predicted octanol–water partition coefficient (Wildman–Crippen LogP) is 21.8. The van der Waals surface area contributed by atoms with Crippen LogP contribution in [0, 0.1) is 0 Å². The second-order valence-electron chi connectivity index (χ2n) is 20.6. The van der Waals surface area contributed by atoms with Crippen molar-refractivity contribution in [1.29, 1.82) is 0 Å². The first-order valence-corrected chi connectivity index (χ1v) is 30.4. The lowest BCUT2D eigenvalue weighted by Gasteiger charge is -2.06. The first-order chi connectivity index (χ1) is 32.1. The second kappa shape index (κ2) is 62.9. The monoisotopic (exact) mass is 919 g/mol. The Labute approximate surface area is 410 Å². The zero-order valence-corrected chi connectivity index (χ0v) is 45.5. The van der Waals surface area contributed by atoms with Gasteiger partial charge in [-0.15, -0.1) is 0 Å². The van der Waals surface area contributed by atoms with Crippen LogP contribution in [0.2, 0.25) is 0 Å². The fraction of sp³-hybridized carbons (Fsp3) is 0.967. The van der Waals surface area contributed by atoms with Gasteiger partial charge in [0.2, 0.25) is 0 Å². The zero-order valence-electron chi connectivity index (χ0n) is 45.5. The minimum absolute atomic E-state index is 0.0242. The van der Waals surface area contributed by atoms with Crippen LogP contribution in [-0.2, 0) is 19.1 Å². The molecule has 4 heteroatoms. The molecular weight excluding hydrogens is 797 g/mol. The maximum Gasteiger partial charge on any atom is 0.305 e. The summed E-state index contributed by atoms with van der Waals surface area (Å²) in [6.45, 7) is 10.4. The summed E-state index contributed by atoms with van der Waals surface area (Å²) in [4.78, 5) is 23.7. The molecule has 0 aromatic carbocycles. The standard InChI is InChI=1S/C31H62O2.C30H60O2/c1-3-5-7-9-11-13-15-17-19-21-23-25-27-29-31(32)33-30-28-26-24-22-20-18-16-14-12-10-8-6-4-2;1-3-5-7-9-11-13-15-17-18-20-22-24-26-28-30(31)32-29-27-25-23-21-19-16-14-12-10-8-6-4-2/h3-30H2,1-2H3;3-29H2,1-2H3. The maximum absolute atomic E-state index is 11.8. The first-order valence-electron chi connectivity index (χ1n) is 30.4. The van der Waals surface area contributed by atoms with Crippen molar-refractivity contribution in [2.75, 3.05) is 13.2 Å². The van der Waals surface area contributed by atoms with Crippen LogP contribution in [-0.4, -0.2) is 25.2 Å². The molecule has 0 atom stereocenters. The lowest BCUT2D eigenvalue weighted by Crippen LogP contribution is -2.05. The average molecular weight is 920 g/mol. The van der Waals surface area contributed by atoms with Crippen LogP contribution < -0.4 is 0 Å². The summed E-state index contributed by atoms with van der Waals surface area (Å²) in [6, 6.07) is 0. The molecule has 4 nitrogen and oxygen atoms in total. The molecule has 65 heavy (non-hydrogen) atoms. The molecule has 0 radical (unpaired) electrons. The van der Waals surface area contributed by atoms with Crippen LogP contribution in [0.4, 0.5) is 0 Å². The highest BCUT2D eigenvalue weighted by Gasteiger charge is 2.05.